The van der Waals surface area contributed by atoms with Crippen LogP contribution in [0.3, 0.4) is 0 Å². The van der Waals surface area contributed by atoms with Crippen molar-refractivity contribution in [3.8, 4) is 16.9 Å². The summed E-state index contributed by atoms with van der Waals surface area (Å²) in [4.78, 5) is 12.1. The van der Waals surface area contributed by atoms with Crippen LogP contribution in [0.4, 0.5) is 18.9 Å². The number of hydrogen-bond donors (Lipinski definition) is 1. The Bertz CT molecular complexity index is 1010. The van der Waals surface area contributed by atoms with Crippen molar-refractivity contribution in [3.05, 3.63) is 47.5 Å². The Labute approximate surface area is 178 Å². The maximum absolute atomic E-state index is 12.2. The van der Waals surface area contributed by atoms with Crippen LogP contribution in [-0.4, -0.2) is 26.3 Å². The molecule has 0 aliphatic rings. The number of para-hydroxylation sites is 1. The molecule has 164 valence electrons. The highest BCUT2D eigenvalue weighted by atomic mass is 35.5. The van der Waals surface area contributed by atoms with E-state index in [1.165, 1.54) is 18.2 Å². The number of carbonyl (C=O) groups is 1. The Morgan fingerprint density at radius 3 is 2.47 bits per heavy atom. The monoisotopic (exact) mass is 463 g/mol. The minimum Gasteiger partial charge on any atom is -0.382 e. The van der Waals surface area contributed by atoms with Crippen LogP contribution < -0.4 is 9.50 Å². The molecular weight excluding hydrogens is 443 g/mol. The lowest BCUT2D eigenvalue weighted by molar-refractivity contribution is -0.134. The number of alkyl halides is 3. The zero-order valence-electron chi connectivity index (χ0n) is 16.3. The lowest BCUT2D eigenvalue weighted by atomic mass is 10.0. The van der Waals surface area contributed by atoms with E-state index >= 15 is 0 Å². The van der Waals surface area contributed by atoms with Gasteiger partial charge in [0.1, 0.15) is 5.75 Å². The maximum atomic E-state index is 12.2. The van der Waals surface area contributed by atoms with Crippen molar-refractivity contribution in [2.24, 2.45) is 5.92 Å². The van der Waals surface area contributed by atoms with Gasteiger partial charge < -0.3 is 9.50 Å². The van der Waals surface area contributed by atoms with E-state index in [-0.39, 0.29) is 17.6 Å². The first-order valence-corrected chi connectivity index (χ1v) is 11.0. The number of amides is 1. The topological polar surface area (TPSA) is 72.5 Å². The van der Waals surface area contributed by atoms with Crippen LogP contribution in [0.2, 0.25) is 5.02 Å². The Morgan fingerprint density at radius 2 is 1.83 bits per heavy atom. The molecular formula is C20H21ClF3NO4S. The van der Waals surface area contributed by atoms with Gasteiger partial charge in [0.2, 0.25) is 5.91 Å². The Morgan fingerprint density at radius 1 is 1.17 bits per heavy atom. The quantitative estimate of drug-likeness (QED) is 0.513. The van der Waals surface area contributed by atoms with Gasteiger partial charge in [-0.1, -0.05) is 49.7 Å². The summed E-state index contributed by atoms with van der Waals surface area (Å²) in [6.07, 6.45) is -6.24. The summed E-state index contributed by atoms with van der Waals surface area (Å²) in [5.74, 6) is -1.35. The van der Waals surface area contributed by atoms with Gasteiger partial charge in [0.15, 0.2) is 0 Å². The number of halogens is 4. The predicted molar refractivity (Wildman–Crippen MR) is 110 cm³/mol. The van der Waals surface area contributed by atoms with Crippen molar-refractivity contribution in [1.82, 2.24) is 0 Å². The molecule has 0 aromatic heterocycles. The van der Waals surface area contributed by atoms with Gasteiger partial charge in [-0.3, -0.25) is 4.79 Å². The summed E-state index contributed by atoms with van der Waals surface area (Å²) in [7, 11) is -4.20. The van der Waals surface area contributed by atoms with Gasteiger partial charge in [-0.05, 0) is 30.2 Å². The number of anilines is 1. The molecule has 30 heavy (non-hydrogen) atoms. The lowest BCUT2D eigenvalue weighted by Gasteiger charge is -2.15. The van der Waals surface area contributed by atoms with Crippen molar-refractivity contribution < 1.29 is 30.6 Å². The molecule has 0 heterocycles. The summed E-state index contributed by atoms with van der Waals surface area (Å²) in [5, 5.41) is 3.05. The number of nitrogens with one attached hydrogen (secondary N) is 1. The number of rotatable bonds is 8. The van der Waals surface area contributed by atoms with Gasteiger partial charge in [0.25, 0.3) is 0 Å². The van der Waals surface area contributed by atoms with Gasteiger partial charge in [-0.15, -0.1) is 0 Å². The van der Waals surface area contributed by atoms with Crippen LogP contribution in [-0.2, 0) is 14.9 Å². The lowest BCUT2D eigenvalue weighted by Crippen LogP contribution is -2.18. The van der Waals surface area contributed by atoms with Crippen molar-refractivity contribution in [1.29, 1.82) is 0 Å². The summed E-state index contributed by atoms with van der Waals surface area (Å²) >= 11 is 6.23. The average Bonchev–Trinajstić information content (AvgIpc) is 2.61. The smallest absolute Gasteiger partial charge is 0.382 e. The summed E-state index contributed by atoms with van der Waals surface area (Å²) in [5.41, 5.74) is 1.42. The van der Waals surface area contributed by atoms with E-state index in [1.54, 1.807) is 38.1 Å². The first-order valence-electron chi connectivity index (χ1n) is 9.07. The zero-order chi connectivity index (χ0) is 22.5. The standard InChI is InChI=1S/C20H21ClF3NO4S/c1-13(2)19(26)25-18-16(8-4-9-17(18)21)14-6-3-7-15(12-14)29-30(27,28)11-5-10-20(22,23)24/h3-4,6-9,12-13H,5,10-11H2,1-2H3,(H,25,26). The predicted octanol–water partition coefficient (Wildman–Crippen LogP) is 5.65. The fourth-order valence-corrected chi connectivity index (χ4v) is 3.71. The first-order chi connectivity index (χ1) is 13.9. The van der Waals surface area contributed by atoms with Crippen LogP contribution in [0.15, 0.2) is 42.5 Å². The second-order valence-corrected chi connectivity index (χ2v) is 9.00. The molecule has 2 aromatic rings. The molecule has 5 nitrogen and oxygen atoms in total. The third kappa shape index (κ3) is 7.21. The number of carbonyl (C=O) groups excluding carboxylic acids is 1. The largest absolute Gasteiger partial charge is 0.389 e. The molecule has 1 N–H and O–H groups in total. The molecule has 0 saturated heterocycles. The van der Waals surface area contributed by atoms with Gasteiger partial charge in [0, 0.05) is 17.9 Å². The molecule has 0 unspecified atom stereocenters. The van der Waals surface area contributed by atoms with Crippen LogP contribution in [0, 0.1) is 5.92 Å². The molecule has 1 amide bonds. The minimum absolute atomic E-state index is 0.0550. The molecule has 0 aliphatic heterocycles. The van der Waals surface area contributed by atoms with E-state index in [0.29, 0.717) is 21.8 Å². The molecule has 10 heteroatoms. The Kier molecular flexibility index (Phi) is 7.76. The zero-order valence-corrected chi connectivity index (χ0v) is 17.9. The van der Waals surface area contributed by atoms with E-state index < -0.39 is 34.9 Å². The second-order valence-electron chi connectivity index (χ2n) is 6.90. The van der Waals surface area contributed by atoms with E-state index in [0.717, 1.165) is 0 Å². The van der Waals surface area contributed by atoms with Gasteiger partial charge in [-0.2, -0.15) is 21.6 Å². The highest BCUT2D eigenvalue weighted by Gasteiger charge is 2.28. The maximum Gasteiger partial charge on any atom is 0.389 e. The first kappa shape index (κ1) is 24.0. The summed E-state index contributed by atoms with van der Waals surface area (Å²) < 4.78 is 65.7. The third-order valence-corrected chi connectivity index (χ3v) is 5.56. The normalized spacial score (nSPS) is 12.1. The molecule has 0 atom stereocenters. The van der Waals surface area contributed by atoms with Crippen LogP contribution in [0.1, 0.15) is 26.7 Å². The van der Waals surface area contributed by atoms with Crippen LogP contribution >= 0.6 is 11.6 Å². The van der Waals surface area contributed by atoms with Gasteiger partial charge in [0.05, 0.1) is 16.5 Å². The minimum atomic E-state index is -4.43. The SMILES string of the molecule is CC(C)C(=O)Nc1c(Cl)cccc1-c1cccc(OS(=O)(=O)CCCC(F)(F)F)c1. The Hall–Kier alpha value is -2.26. The third-order valence-electron chi connectivity index (χ3n) is 4.01. The highest BCUT2D eigenvalue weighted by molar-refractivity contribution is 7.87. The van der Waals surface area contributed by atoms with E-state index in [1.807, 2.05) is 0 Å². The summed E-state index contributed by atoms with van der Waals surface area (Å²) in [6, 6.07) is 11.0. The molecule has 0 fully saturated rings. The van der Waals surface area contributed by atoms with Gasteiger partial charge in [-0.25, -0.2) is 0 Å². The second kappa shape index (κ2) is 9.70. The van der Waals surface area contributed by atoms with Crippen LogP contribution in [0.25, 0.3) is 11.1 Å². The molecule has 0 radical (unpaired) electrons. The Balaban J connectivity index is 2.26. The van der Waals surface area contributed by atoms with Gasteiger partial charge >= 0.3 is 16.3 Å². The van der Waals surface area contributed by atoms with Crippen molar-refractivity contribution in [2.45, 2.75) is 32.9 Å². The molecule has 2 aromatic carbocycles. The molecule has 0 aliphatic carbocycles. The number of benzene rings is 2. The molecule has 0 bridgehead atoms. The van der Waals surface area contributed by atoms with E-state index in [2.05, 4.69) is 5.32 Å². The van der Waals surface area contributed by atoms with E-state index in [4.69, 9.17) is 15.8 Å². The summed E-state index contributed by atoms with van der Waals surface area (Å²) in [6.45, 7) is 3.45. The fraction of sp³-hybridized carbons (Fsp3) is 0.350. The van der Waals surface area contributed by atoms with Crippen molar-refractivity contribution >= 4 is 33.3 Å². The van der Waals surface area contributed by atoms with Crippen molar-refractivity contribution in [2.75, 3.05) is 11.1 Å². The van der Waals surface area contributed by atoms with Crippen LogP contribution in [0.5, 0.6) is 5.75 Å². The number of hydrogen-bond acceptors (Lipinski definition) is 4. The van der Waals surface area contributed by atoms with E-state index in [9.17, 15) is 26.4 Å². The molecule has 0 saturated carbocycles. The fourth-order valence-electron chi connectivity index (χ4n) is 2.51. The highest BCUT2D eigenvalue weighted by Crippen LogP contribution is 2.36. The molecule has 2 rings (SSSR count). The average molecular weight is 464 g/mol. The van der Waals surface area contributed by atoms with Crippen molar-refractivity contribution in [3.63, 3.8) is 0 Å². The molecule has 0 spiro atoms.